The summed E-state index contributed by atoms with van der Waals surface area (Å²) in [7, 11) is 1.97. The average molecular weight is 432 g/mol. The van der Waals surface area contributed by atoms with Gasteiger partial charge in [0.05, 0.1) is 18.3 Å². The van der Waals surface area contributed by atoms with E-state index in [1.165, 1.54) is 11.3 Å². The van der Waals surface area contributed by atoms with Crippen LogP contribution in [0.1, 0.15) is 12.1 Å². The van der Waals surface area contributed by atoms with Gasteiger partial charge in [0.1, 0.15) is 18.0 Å². The van der Waals surface area contributed by atoms with Crippen molar-refractivity contribution in [3.63, 3.8) is 0 Å². The highest BCUT2D eigenvalue weighted by Crippen LogP contribution is 2.16. The third kappa shape index (κ3) is 5.58. The Morgan fingerprint density at radius 1 is 1.37 bits per heavy atom. The Labute approximate surface area is 176 Å². The molecular formula is C18H23N8O3S+. The Balaban J connectivity index is 1.49. The molecule has 11 nitrogen and oxygen atoms in total. The third-order valence-electron chi connectivity index (χ3n) is 4.03. The Morgan fingerprint density at radius 3 is 2.90 bits per heavy atom. The molecule has 0 aliphatic heterocycles. The summed E-state index contributed by atoms with van der Waals surface area (Å²) in [6.07, 6.45) is 5.45. The van der Waals surface area contributed by atoms with E-state index in [0.29, 0.717) is 29.5 Å². The van der Waals surface area contributed by atoms with Crippen LogP contribution in [-0.4, -0.2) is 51.6 Å². The van der Waals surface area contributed by atoms with Crippen LogP contribution in [-0.2, 0) is 23.2 Å². The maximum Gasteiger partial charge on any atom is 0.233 e. The van der Waals surface area contributed by atoms with Crippen molar-refractivity contribution in [3.05, 3.63) is 35.6 Å². The Hall–Kier alpha value is -3.38. The largest absolute Gasteiger partial charge is 0.473 e. The van der Waals surface area contributed by atoms with Crippen LogP contribution in [0.5, 0.6) is 5.88 Å². The normalized spacial score (nSPS) is 11.5. The van der Waals surface area contributed by atoms with E-state index in [1.54, 1.807) is 11.4 Å². The number of thiazole rings is 1. The van der Waals surface area contributed by atoms with Gasteiger partial charge in [-0.25, -0.2) is 4.98 Å². The number of hydrogen-bond acceptors (Lipinski definition) is 10. The zero-order valence-corrected chi connectivity index (χ0v) is 17.3. The van der Waals surface area contributed by atoms with E-state index in [9.17, 15) is 4.79 Å². The summed E-state index contributed by atoms with van der Waals surface area (Å²) in [5.41, 5.74) is 13.3. The molecule has 0 aliphatic rings. The van der Waals surface area contributed by atoms with Crippen LogP contribution in [0.4, 0.5) is 5.13 Å². The van der Waals surface area contributed by atoms with Gasteiger partial charge >= 0.3 is 0 Å². The van der Waals surface area contributed by atoms with Gasteiger partial charge in [-0.15, -0.1) is 26.2 Å². The zero-order valence-electron chi connectivity index (χ0n) is 16.5. The first kappa shape index (κ1) is 21.3. The number of nitrogens with zero attached hydrogens (tertiary/aromatic N) is 6. The number of ether oxygens (including phenoxy) is 1. The molecule has 3 rings (SSSR count). The highest BCUT2D eigenvalue weighted by molar-refractivity contribution is 7.13. The van der Waals surface area contributed by atoms with Crippen LogP contribution in [0.25, 0.3) is 11.3 Å². The minimum Gasteiger partial charge on any atom is -0.473 e. The molecule has 0 atom stereocenters. The van der Waals surface area contributed by atoms with Crippen LogP contribution >= 0.6 is 11.3 Å². The van der Waals surface area contributed by atoms with Gasteiger partial charge in [0.15, 0.2) is 30.8 Å². The van der Waals surface area contributed by atoms with Crippen LogP contribution < -0.4 is 20.9 Å². The smallest absolute Gasteiger partial charge is 0.233 e. The first-order chi connectivity index (χ1) is 14.6. The molecular weight excluding hydrogens is 408 g/mol. The van der Waals surface area contributed by atoms with Gasteiger partial charge < -0.3 is 21.0 Å². The quantitative estimate of drug-likeness (QED) is 0.143. The summed E-state index contributed by atoms with van der Waals surface area (Å²) in [6.45, 7) is 1.80. The molecule has 0 aromatic carbocycles. The third-order valence-corrected chi connectivity index (χ3v) is 4.70. The van der Waals surface area contributed by atoms with Gasteiger partial charge in [-0.05, 0) is 19.0 Å². The van der Waals surface area contributed by atoms with E-state index >= 15 is 0 Å². The van der Waals surface area contributed by atoms with E-state index in [0.717, 1.165) is 24.2 Å². The van der Waals surface area contributed by atoms with Crippen molar-refractivity contribution in [3.8, 4) is 17.1 Å². The SMILES string of the molecule is C[n+]1cc(-c2ccc(OCCO/N=C(\C=O)c3csc(N)n3)nn2)cn1CCCN. The lowest BCUT2D eigenvalue weighted by Crippen LogP contribution is -2.38. The zero-order chi connectivity index (χ0) is 21.3. The molecule has 0 saturated heterocycles. The van der Waals surface area contributed by atoms with Gasteiger partial charge in [0, 0.05) is 11.4 Å². The highest BCUT2D eigenvalue weighted by Gasteiger charge is 2.12. The molecule has 0 fully saturated rings. The molecule has 0 saturated carbocycles. The molecule has 3 heterocycles. The first-order valence-electron chi connectivity index (χ1n) is 9.20. The molecule has 12 heteroatoms. The van der Waals surface area contributed by atoms with Gasteiger partial charge in [0.2, 0.25) is 12.1 Å². The molecule has 0 amide bonds. The van der Waals surface area contributed by atoms with Crippen LogP contribution in [0.15, 0.2) is 35.1 Å². The van der Waals surface area contributed by atoms with Crippen molar-refractivity contribution in [2.45, 2.75) is 13.0 Å². The summed E-state index contributed by atoms with van der Waals surface area (Å²) < 4.78 is 9.55. The molecule has 30 heavy (non-hydrogen) atoms. The second kappa shape index (κ2) is 10.4. The van der Waals surface area contributed by atoms with Crippen LogP contribution in [0.2, 0.25) is 0 Å². The van der Waals surface area contributed by atoms with Crippen LogP contribution in [0, 0.1) is 0 Å². The number of carbonyl (C=O) groups is 1. The number of anilines is 1. The average Bonchev–Trinajstić information content (AvgIpc) is 3.35. The number of nitrogen functional groups attached to an aromatic ring is 1. The molecule has 0 aliphatic carbocycles. The maximum atomic E-state index is 11.1. The van der Waals surface area contributed by atoms with Crippen molar-refractivity contribution in [2.75, 3.05) is 25.5 Å². The fourth-order valence-corrected chi connectivity index (χ4v) is 3.11. The molecule has 3 aromatic heterocycles. The second-order valence-electron chi connectivity index (χ2n) is 6.20. The Bertz CT molecular complexity index is 999. The molecule has 4 N–H and O–H groups in total. The number of oxime groups is 1. The summed E-state index contributed by atoms with van der Waals surface area (Å²) in [5.74, 6) is 0.362. The molecule has 0 spiro atoms. The van der Waals surface area contributed by atoms with Gasteiger partial charge in [-0.3, -0.25) is 4.79 Å². The van der Waals surface area contributed by atoms with Crippen molar-refractivity contribution < 1.29 is 19.1 Å². The summed E-state index contributed by atoms with van der Waals surface area (Å²) in [6, 6.07) is 3.57. The second-order valence-corrected chi connectivity index (χ2v) is 7.09. The number of rotatable bonds is 11. The van der Waals surface area contributed by atoms with E-state index in [2.05, 4.69) is 25.0 Å². The summed E-state index contributed by atoms with van der Waals surface area (Å²) in [4.78, 5) is 20.2. The minimum absolute atomic E-state index is 0.0682. The monoisotopic (exact) mass is 431 g/mol. The van der Waals surface area contributed by atoms with Crippen molar-refractivity contribution in [1.29, 1.82) is 0 Å². The molecule has 0 unspecified atom stereocenters. The lowest BCUT2D eigenvalue weighted by atomic mass is 10.2. The highest BCUT2D eigenvalue weighted by atomic mass is 32.1. The molecule has 158 valence electrons. The number of carbonyl (C=O) groups excluding carboxylic acids is 1. The summed E-state index contributed by atoms with van der Waals surface area (Å²) in [5, 5.41) is 14.0. The molecule has 3 aromatic rings. The number of aldehydes is 1. The minimum atomic E-state index is 0.0682. The predicted molar refractivity (Wildman–Crippen MR) is 111 cm³/mol. The van der Waals surface area contributed by atoms with Crippen LogP contribution in [0.3, 0.4) is 0 Å². The Kier molecular flexibility index (Phi) is 7.40. The van der Waals surface area contributed by atoms with Crippen molar-refractivity contribution in [2.24, 2.45) is 17.9 Å². The topological polar surface area (TPSA) is 147 Å². The van der Waals surface area contributed by atoms with Gasteiger partial charge in [-0.2, -0.15) is 4.68 Å². The van der Waals surface area contributed by atoms with Gasteiger partial charge in [-0.1, -0.05) is 5.16 Å². The first-order valence-corrected chi connectivity index (χ1v) is 10.1. The lowest BCUT2D eigenvalue weighted by molar-refractivity contribution is -0.753. The molecule has 0 bridgehead atoms. The Morgan fingerprint density at radius 2 is 2.23 bits per heavy atom. The fraction of sp³-hybridized carbons (Fsp3) is 0.333. The predicted octanol–water partition coefficient (Wildman–Crippen LogP) is 0.156. The van der Waals surface area contributed by atoms with Crippen molar-refractivity contribution >= 4 is 28.5 Å². The number of aromatic nitrogens is 5. The van der Waals surface area contributed by atoms with E-state index < -0.39 is 0 Å². The fourth-order valence-electron chi connectivity index (χ4n) is 2.55. The maximum absolute atomic E-state index is 11.1. The number of nitrogens with two attached hydrogens (primary N) is 2. The lowest BCUT2D eigenvalue weighted by Gasteiger charge is -2.04. The molecule has 0 radical (unpaired) electrons. The van der Waals surface area contributed by atoms with E-state index in [4.69, 9.17) is 21.0 Å². The standard InChI is InChI=1S/C18H23N8O3S/c1-25-9-13(10-26(25)6-2-5-19)14-3-4-17(23-22-14)28-7-8-29-24-15(11-27)16-12-30-18(20)21-16/h3-4,9-12H,2,5-8,19H2,1H3,(H2,20,21)/q+1/b24-15+. The van der Waals surface area contributed by atoms with Crippen molar-refractivity contribution in [1.82, 2.24) is 19.9 Å². The number of aryl methyl sites for hydroxylation is 2. The van der Waals surface area contributed by atoms with E-state index in [-0.39, 0.29) is 18.9 Å². The van der Waals surface area contributed by atoms with Gasteiger partial charge in [0.25, 0.3) is 0 Å². The van der Waals surface area contributed by atoms with E-state index in [1.807, 2.05) is 30.2 Å². The summed E-state index contributed by atoms with van der Waals surface area (Å²) >= 11 is 1.22. The number of hydrogen-bond donors (Lipinski definition) is 2.